The van der Waals surface area contributed by atoms with Gasteiger partial charge in [0.1, 0.15) is 5.75 Å². The molecule has 11 heteroatoms. The molecule has 0 saturated carbocycles. The smallest absolute Gasteiger partial charge is 0.252 e. The van der Waals surface area contributed by atoms with E-state index in [4.69, 9.17) is 42.8 Å². The number of ether oxygens (including phenoxy) is 2. The molecule has 1 aliphatic rings. The van der Waals surface area contributed by atoms with Crippen molar-refractivity contribution >= 4 is 44.8 Å². The van der Waals surface area contributed by atoms with Crippen LogP contribution in [0.3, 0.4) is 0 Å². The highest BCUT2D eigenvalue weighted by molar-refractivity contribution is 7.91. The molecule has 4 aromatic carbocycles. The van der Waals surface area contributed by atoms with E-state index in [2.05, 4.69) is 5.32 Å². The van der Waals surface area contributed by atoms with E-state index in [-0.39, 0.29) is 36.1 Å². The maximum absolute atomic E-state index is 14.3. The van der Waals surface area contributed by atoms with Crippen molar-refractivity contribution in [3.05, 3.63) is 130 Å². The molecule has 2 atom stereocenters. The minimum Gasteiger partial charge on any atom is -0.494 e. The van der Waals surface area contributed by atoms with E-state index in [1.807, 2.05) is 30.3 Å². The molecule has 1 heterocycles. The quantitative estimate of drug-likeness (QED) is 0.165. The van der Waals surface area contributed by atoms with Crippen LogP contribution in [0.25, 0.3) is 0 Å². The van der Waals surface area contributed by atoms with Crippen molar-refractivity contribution < 1.29 is 27.8 Å². The largest absolute Gasteiger partial charge is 0.494 e. The van der Waals surface area contributed by atoms with Crippen LogP contribution in [0.1, 0.15) is 35.6 Å². The van der Waals surface area contributed by atoms with Gasteiger partial charge in [-0.15, -0.1) is 0 Å². The predicted molar refractivity (Wildman–Crippen MR) is 175 cm³/mol. The Labute approximate surface area is 272 Å². The summed E-state index contributed by atoms with van der Waals surface area (Å²) in [5, 5.41) is 12.7. The van der Waals surface area contributed by atoms with Gasteiger partial charge in [0.2, 0.25) is 5.90 Å². The molecule has 1 amide bonds. The predicted octanol–water partition coefficient (Wildman–Crippen LogP) is 6.19. The minimum absolute atomic E-state index is 0.0266. The third-order valence-corrected chi connectivity index (χ3v) is 9.89. The molecule has 0 aromatic heterocycles. The number of nitrogens with zero attached hydrogens (tertiary/aromatic N) is 1. The monoisotopic (exact) mass is 666 g/mol. The molecule has 1 aliphatic heterocycles. The Morgan fingerprint density at radius 3 is 2.29 bits per heavy atom. The molecule has 234 valence electrons. The molecule has 0 unspecified atom stereocenters. The first-order valence-electron chi connectivity index (χ1n) is 14.4. The minimum atomic E-state index is -3.77. The standard InChI is InChI=1S/C34H32Cl2N2O6S/c35-29-17-12-24(22-30(29)36)23-37-33(40)34(18-21-45(41,42)28-10-5-2-6-11-28)31(25-8-3-1-4-9-25)44-32(38-34)26-13-15-27(16-14-26)43-20-7-19-39/h1-6,8-17,22,31,39H,7,18-21,23H2,(H,37,40)/t31-,34-/m1/s1. The second kappa shape index (κ2) is 14.5. The summed E-state index contributed by atoms with van der Waals surface area (Å²) in [6.45, 7) is 0.495. The molecule has 0 bridgehead atoms. The summed E-state index contributed by atoms with van der Waals surface area (Å²) in [6.07, 6.45) is -0.570. The number of aliphatic hydroxyl groups excluding tert-OH is 1. The zero-order chi connectivity index (χ0) is 31.9. The van der Waals surface area contributed by atoms with Crippen molar-refractivity contribution in [3.8, 4) is 5.75 Å². The summed E-state index contributed by atoms with van der Waals surface area (Å²) < 4.78 is 39.0. The number of hydrogen-bond donors (Lipinski definition) is 2. The van der Waals surface area contributed by atoms with E-state index in [1.54, 1.807) is 60.7 Å². The van der Waals surface area contributed by atoms with Crippen LogP contribution < -0.4 is 10.1 Å². The third-order valence-electron chi connectivity index (χ3n) is 7.42. The van der Waals surface area contributed by atoms with Crippen LogP contribution in [0.2, 0.25) is 10.0 Å². The fourth-order valence-electron chi connectivity index (χ4n) is 5.02. The molecule has 45 heavy (non-hydrogen) atoms. The van der Waals surface area contributed by atoms with E-state index in [0.29, 0.717) is 45.5 Å². The molecule has 8 nitrogen and oxygen atoms in total. The molecule has 0 spiro atoms. The summed E-state index contributed by atoms with van der Waals surface area (Å²) in [5.41, 5.74) is 0.337. The molecule has 4 aromatic rings. The normalized spacial score (nSPS) is 17.8. The van der Waals surface area contributed by atoms with Crippen molar-refractivity contribution in [2.75, 3.05) is 19.0 Å². The van der Waals surface area contributed by atoms with Gasteiger partial charge < -0.3 is 19.9 Å². The number of nitrogens with one attached hydrogen (secondary N) is 1. The lowest BCUT2D eigenvalue weighted by atomic mass is 9.85. The third kappa shape index (κ3) is 7.68. The first kappa shape index (κ1) is 32.5. The highest BCUT2D eigenvalue weighted by Crippen LogP contribution is 2.43. The number of amides is 1. The summed E-state index contributed by atoms with van der Waals surface area (Å²) in [7, 11) is -3.77. The van der Waals surface area contributed by atoms with Crippen molar-refractivity contribution in [2.45, 2.75) is 35.9 Å². The molecular weight excluding hydrogens is 635 g/mol. The maximum atomic E-state index is 14.3. The fourth-order valence-corrected chi connectivity index (χ4v) is 6.73. The van der Waals surface area contributed by atoms with E-state index in [1.165, 1.54) is 12.1 Å². The number of rotatable bonds is 13. The fraction of sp³-hybridized carbons (Fsp3) is 0.235. The van der Waals surface area contributed by atoms with Crippen LogP contribution in [0, 0.1) is 0 Å². The van der Waals surface area contributed by atoms with Crippen molar-refractivity contribution in [1.29, 1.82) is 0 Å². The van der Waals surface area contributed by atoms with Crippen LogP contribution in [-0.4, -0.2) is 49.8 Å². The van der Waals surface area contributed by atoms with Gasteiger partial charge in [0.05, 0.1) is 27.3 Å². The van der Waals surface area contributed by atoms with Crippen molar-refractivity contribution in [2.24, 2.45) is 4.99 Å². The van der Waals surface area contributed by atoms with Crippen LogP contribution in [-0.2, 0) is 25.9 Å². The Kier molecular flexibility index (Phi) is 10.5. The Hall–Kier alpha value is -3.89. The number of aliphatic imine (C=N–C) groups is 1. The number of carbonyl (C=O) groups excluding carboxylic acids is 1. The van der Waals surface area contributed by atoms with Gasteiger partial charge >= 0.3 is 0 Å². The number of aliphatic hydroxyl groups is 1. The summed E-state index contributed by atoms with van der Waals surface area (Å²) in [5.74, 6) is -0.0413. The average molecular weight is 668 g/mol. The summed E-state index contributed by atoms with van der Waals surface area (Å²) >= 11 is 12.3. The molecule has 2 N–H and O–H groups in total. The van der Waals surface area contributed by atoms with Gasteiger partial charge in [0.15, 0.2) is 21.5 Å². The first-order chi connectivity index (χ1) is 21.7. The first-order valence-corrected chi connectivity index (χ1v) is 16.8. The molecule has 0 radical (unpaired) electrons. The van der Waals surface area contributed by atoms with Gasteiger partial charge in [-0.05, 0) is 59.7 Å². The SMILES string of the molecule is O=C(NCc1ccc(Cl)c(Cl)c1)[C@]1(CCS(=O)(=O)c2ccccc2)N=C(c2ccc(OCCCO)cc2)O[C@@H]1c1ccccc1. The lowest BCUT2D eigenvalue weighted by Crippen LogP contribution is -2.49. The van der Waals surface area contributed by atoms with Crippen LogP contribution in [0.15, 0.2) is 113 Å². The van der Waals surface area contributed by atoms with E-state index >= 15 is 0 Å². The topological polar surface area (TPSA) is 114 Å². The van der Waals surface area contributed by atoms with Crippen molar-refractivity contribution in [3.63, 3.8) is 0 Å². The van der Waals surface area contributed by atoms with E-state index in [0.717, 1.165) is 0 Å². The number of hydrogen-bond acceptors (Lipinski definition) is 7. The number of halogens is 2. The maximum Gasteiger partial charge on any atom is 0.252 e. The second-order valence-electron chi connectivity index (χ2n) is 10.5. The Morgan fingerprint density at radius 2 is 1.62 bits per heavy atom. The van der Waals surface area contributed by atoms with E-state index in [9.17, 15) is 13.2 Å². The van der Waals surface area contributed by atoms with Gasteiger partial charge in [0, 0.05) is 31.6 Å². The van der Waals surface area contributed by atoms with Gasteiger partial charge in [0.25, 0.3) is 5.91 Å². The Balaban J connectivity index is 1.53. The molecular formula is C34H32Cl2N2O6S. The second-order valence-corrected chi connectivity index (χ2v) is 13.4. The van der Waals surface area contributed by atoms with Gasteiger partial charge in [-0.2, -0.15) is 0 Å². The Morgan fingerprint density at radius 1 is 0.933 bits per heavy atom. The van der Waals surface area contributed by atoms with Gasteiger partial charge in [-0.25, -0.2) is 13.4 Å². The van der Waals surface area contributed by atoms with Crippen LogP contribution in [0.5, 0.6) is 5.75 Å². The lowest BCUT2D eigenvalue weighted by Gasteiger charge is -2.30. The van der Waals surface area contributed by atoms with Crippen LogP contribution in [0.4, 0.5) is 0 Å². The highest BCUT2D eigenvalue weighted by Gasteiger charge is 2.53. The molecule has 0 fully saturated rings. The molecule has 0 aliphatic carbocycles. The van der Waals surface area contributed by atoms with Gasteiger partial charge in [-0.3, -0.25) is 4.79 Å². The zero-order valence-electron chi connectivity index (χ0n) is 24.2. The molecule has 0 saturated heterocycles. The molecule has 5 rings (SSSR count). The van der Waals surface area contributed by atoms with E-state index < -0.39 is 27.4 Å². The Bertz CT molecular complexity index is 1750. The summed E-state index contributed by atoms with van der Waals surface area (Å²) in [6, 6.07) is 29.4. The zero-order valence-corrected chi connectivity index (χ0v) is 26.6. The van der Waals surface area contributed by atoms with Crippen molar-refractivity contribution in [1.82, 2.24) is 5.32 Å². The summed E-state index contributed by atoms with van der Waals surface area (Å²) in [4.78, 5) is 19.4. The lowest BCUT2D eigenvalue weighted by molar-refractivity contribution is -0.129. The number of sulfone groups is 1. The average Bonchev–Trinajstić information content (AvgIpc) is 3.46. The van der Waals surface area contributed by atoms with Crippen LogP contribution >= 0.6 is 23.2 Å². The number of carbonyl (C=O) groups is 1. The highest BCUT2D eigenvalue weighted by atomic mass is 35.5. The van der Waals surface area contributed by atoms with Gasteiger partial charge in [-0.1, -0.05) is 77.8 Å². The number of benzene rings is 4.